The number of nitrogen functional groups attached to an aromatic ring is 1. The molecule has 0 radical (unpaired) electrons. The van der Waals surface area contributed by atoms with E-state index < -0.39 is 0 Å². The topological polar surface area (TPSA) is 69.6 Å². The van der Waals surface area contributed by atoms with E-state index in [2.05, 4.69) is 15.2 Å². The Labute approximate surface area is 140 Å². The minimum Gasteiger partial charge on any atom is -0.368 e. The van der Waals surface area contributed by atoms with Crippen LogP contribution in [0.3, 0.4) is 0 Å². The van der Waals surface area contributed by atoms with Crippen molar-refractivity contribution in [1.82, 2.24) is 19.7 Å². The molecule has 4 rings (SSSR count). The Hall–Kier alpha value is -1.93. The van der Waals surface area contributed by atoms with Crippen LogP contribution in [0.5, 0.6) is 0 Å². The first-order chi connectivity index (χ1) is 11.2. The van der Waals surface area contributed by atoms with E-state index in [9.17, 15) is 4.39 Å². The second-order valence-electron chi connectivity index (χ2n) is 5.35. The van der Waals surface area contributed by atoms with Crippen molar-refractivity contribution in [3.05, 3.63) is 41.2 Å². The predicted octanol–water partition coefficient (Wildman–Crippen LogP) is 3.75. The summed E-state index contributed by atoms with van der Waals surface area (Å²) in [5, 5.41) is 11.6. The normalized spacial score (nSPS) is 14.3. The van der Waals surface area contributed by atoms with Gasteiger partial charge in [0, 0.05) is 22.7 Å². The van der Waals surface area contributed by atoms with E-state index in [1.807, 2.05) is 16.0 Å². The molecule has 1 fully saturated rings. The van der Waals surface area contributed by atoms with E-state index in [0.29, 0.717) is 28.3 Å². The Bertz CT molecular complexity index is 840. The molecule has 0 bridgehead atoms. The number of thioether (sulfide) groups is 1. The summed E-state index contributed by atoms with van der Waals surface area (Å²) >= 11 is 3.01. The van der Waals surface area contributed by atoms with Crippen LogP contribution < -0.4 is 5.73 Å². The summed E-state index contributed by atoms with van der Waals surface area (Å²) in [7, 11) is 0. The van der Waals surface area contributed by atoms with Gasteiger partial charge in [-0.2, -0.15) is 0 Å². The molecule has 118 valence electrons. The lowest BCUT2D eigenvalue weighted by molar-refractivity contribution is 0.631. The third-order valence-electron chi connectivity index (χ3n) is 3.61. The molecular formula is C15H14FN5S2. The molecule has 0 atom stereocenters. The highest BCUT2D eigenvalue weighted by Crippen LogP contribution is 2.40. The van der Waals surface area contributed by atoms with Crippen LogP contribution in [0.2, 0.25) is 0 Å². The highest BCUT2D eigenvalue weighted by molar-refractivity contribution is 7.98. The third kappa shape index (κ3) is 2.96. The molecule has 1 aliphatic rings. The van der Waals surface area contributed by atoms with Crippen LogP contribution in [0.25, 0.3) is 10.6 Å². The summed E-state index contributed by atoms with van der Waals surface area (Å²) in [6.07, 6.45) is 2.26. The van der Waals surface area contributed by atoms with Gasteiger partial charge in [-0.15, -0.1) is 21.5 Å². The molecule has 1 saturated carbocycles. The van der Waals surface area contributed by atoms with E-state index in [0.717, 1.165) is 23.7 Å². The first-order valence-electron chi connectivity index (χ1n) is 7.25. The van der Waals surface area contributed by atoms with Gasteiger partial charge in [-0.05, 0) is 25.0 Å². The summed E-state index contributed by atoms with van der Waals surface area (Å²) in [5.41, 5.74) is 7.31. The van der Waals surface area contributed by atoms with Gasteiger partial charge in [-0.1, -0.05) is 23.9 Å². The van der Waals surface area contributed by atoms with Crippen molar-refractivity contribution in [3.63, 3.8) is 0 Å². The number of nitrogens with two attached hydrogens (primary N) is 1. The molecule has 2 aromatic heterocycles. The Balaban J connectivity index is 1.50. The summed E-state index contributed by atoms with van der Waals surface area (Å²) in [6.45, 7) is 0. The molecule has 1 aliphatic carbocycles. The molecule has 0 aliphatic heterocycles. The number of thiazole rings is 1. The van der Waals surface area contributed by atoms with Crippen LogP contribution >= 0.6 is 23.1 Å². The molecule has 2 heterocycles. The van der Waals surface area contributed by atoms with Crippen molar-refractivity contribution in [2.45, 2.75) is 29.8 Å². The summed E-state index contributed by atoms with van der Waals surface area (Å²) in [4.78, 5) is 4.52. The van der Waals surface area contributed by atoms with Gasteiger partial charge in [0.1, 0.15) is 10.8 Å². The molecule has 2 N–H and O–H groups in total. The zero-order chi connectivity index (χ0) is 15.8. The largest absolute Gasteiger partial charge is 0.368 e. The number of aromatic nitrogens is 4. The van der Waals surface area contributed by atoms with Gasteiger partial charge in [-0.3, -0.25) is 4.57 Å². The predicted molar refractivity (Wildman–Crippen MR) is 89.8 cm³/mol. The van der Waals surface area contributed by atoms with Crippen LogP contribution in [-0.4, -0.2) is 19.7 Å². The molecule has 0 spiro atoms. The first-order valence-corrected chi connectivity index (χ1v) is 9.11. The van der Waals surface area contributed by atoms with E-state index >= 15 is 0 Å². The molecule has 1 aromatic carbocycles. The van der Waals surface area contributed by atoms with E-state index in [1.165, 1.54) is 17.4 Å². The number of halogens is 1. The quantitative estimate of drug-likeness (QED) is 0.712. The van der Waals surface area contributed by atoms with Crippen molar-refractivity contribution in [1.29, 1.82) is 0 Å². The molecular weight excluding hydrogens is 333 g/mol. The minimum atomic E-state index is -0.248. The molecule has 0 unspecified atom stereocenters. The fraction of sp³-hybridized carbons (Fsp3) is 0.267. The first kappa shape index (κ1) is 14.6. The fourth-order valence-corrected chi connectivity index (χ4v) is 4.19. The number of hydrogen-bond donors (Lipinski definition) is 1. The standard InChI is InChI=1S/C15H14FN5S2/c16-12-4-2-1-3-11(12)13-18-9(7-22-13)8-23-15-20-19-14(17)21(15)10-5-6-10/h1-4,7,10H,5-6,8H2,(H2,17,19). The second kappa shape index (κ2) is 5.93. The molecule has 0 saturated heterocycles. The number of nitrogens with zero attached hydrogens (tertiary/aromatic N) is 4. The zero-order valence-corrected chi connectivity index (χ0v) is 13.8. The third-order valence-corrected chi connectivity index (χ3v) is 5.51. The van der Waals surface area contributed by atoms with E-state index in [4.69, 9.17) is 5.73 Å². The van der Waals surface area contributed by atoms with Crippen LogP contribution in [-0.2, 0) is 5.75 Å². The van der Waals surface area contributed by atoms with Gasteiger partial charge in [-0.25, -0.2) is 9.37 Å². The Morgan fingerprint density at radius 3 is 2.91 bits per heavy atom. The van der Waals surface area contributed by atoms with Gasteiger partial charge in [0.05, 0.1) is 5.69 Å². The van der Waals surface area contributed by atoms with Crippen molar-refractivity contribution in [3.8, 4) is 10.6 Å². The molecule has 5 nitrogen and oxygen atoms in total. The highest BCUT2D eigenvalue weighted by atomic mass is 32.2. The minimum absolute atomic E-state index is 0.248. The Morgan fingerprint density at radius 2 is 2.13 bits per heavy atom. The lowest BCUT2D eigenvalue weighted by Crippen LogP contribution is -2.02. The van der Waals surface area contributed by atoms with Gasteiger partial charge in [0.15, 0.2) is 5.16 Å². The smallest absolute Gasteiger partial charge is 0.222 e. The lowest BCUT2D eigenvalue weighted by atomic mass is 10.2. The zero-order valence-electron chi connectivity index (χ0n) is 12.1. The Kier molecular flexibility index (Phi) is 3.78. The van der Waals surface area contributed by atoms with E-state index in [-0.39, 0.29) is 5.82 Å². The summed E-state index contributed by atoms with van der Waals surface area (Å²) in [5.74, 6) is 0.887. The molecule has 23 heavy (non-hydrogen) atoms. The summed E-state index contributed by atoms with van der Waals surface area (Å²) < 4.78 is 15.8. The summed E-state index contributed by atoms with van der Waals surface area (Å²) in [6, 6.07) is 7.13. The van der Waals surface area contributed by atoms with Crippen molar-refractivity contribution < 1.29 is 4.39 Å². The highest BCUT2D eigenvalue weighted by Gasteiger charge is 2.28. The van der Waals surface area contributed by atoms with Gasteiger partial charge >= 0.3 is 0 Å². The van der Waals surface area contributed by atoms with Crippen LogP contribution in [0.15, 0.2) is 34.8 Å². The SMILES string of the molecule is Nc1nnc(SCc2csc(-c3ccccc3F)n2)n1C1CC1. The van der Waals surface area contributed by atoms with Gasteiger partial charge in [0.2, 0.25) is 5.95 Å². The number of rotatable bonds is 5. The monoisotopic (exact) mass is 347 g/mol. The van der Waals surface area contributed by atoms with E-state index in [1.54, 1.807) is 23.9 Å². The molecule has 3 aromatic rings. The van der Waals surface area contributed by atoms with Gasteiger partial charge < -0.3 is 5.73 Å². The number of benzene rings is 1. The average Bonchev–Trinajstić information content (AvgIpc) is 3.15. The molecule has 0 amide bonds. The van der Waals surface area contributed by atoms with Crippen molar-refractivity contribution >= 4 is 29.0 Å². The maximum Gasteiger partial charge on any atom is 0.222 e. The fourth-order valence-electron chi connectivity index (χ4n) is 2.33. The second-order valence-corrected chi connectivity index (χ2v) is 7.16. The number of hydrogen-bond acceptors (Lipinski definition) is 6. The average molecular weight is 347 g/mol. The number of anilines is 1. The van der Waals surface area contributed by atoms with Crippen molar-refractivity contribution in [2.75, 3.05) is 5.73 Å². The maximum atomic E-state index is 13.8. The van der Waals surface area contributed by atoms with Crippen molar-refractivity contribution in [2.24, 2.45) is 0 Å². The van der Waals surface area contributed by atoms with Crippen LogP contribution in [0.4, 0.5) is 10.3 Å². The lowest BCUT2D eigenvalue weighted by Gasteiger charge is -2.04. The van der Waals surface area contributed by atoms with Crippen LogP contribution in [0.1, 0.15) is 24.6 Å². The van der Waals surface area contributed by atoms with Gasteiger partial charge in [0.25, 0.3) is 0 Å². The maximum absolute atomic E-state index is 13.8. The van der Waals surface area contributed by atoms with Crippen LogP contribution in [0, 0.1) is 5.82 Å². The Morgan fingerprint density at radius 1 is 1.30 bits per heavy atom. The molecule has 8 heteroatoms.